The van der Waals surface area contributed by atoms with Crippen LogP contribution in [0.1, 0.15) is 5.56 Å². The van der Waals surface area contributed by atoms with Crippen LogP contribution in [0.5, 0.6) is 5.75 Å². The van der Waals surface area contributed by atoms with Crippen molar-refractivity contribution in [2.75, 3.05) is 13.7 Å². The molecule has 1 aromatic rings. The van der Waals surface area contributed by atoms with Crippen molar-refractivity contribution < 1.29 is 9.50 Å². The molecule has 0 fully saturated rings. The Morgan fingerprint density at radius 3 is 2.94 bits per heavy atom. The summed E-state index contributed by atoms with van der Waals surface area (Å²) in [6, 6.07) is 9.23. The van der Waals surface area contributed by atoms with Gasteiger partial charge in [-0.1, -0.05) is 23.7 Å². The standard InChI is InChI=1S/C13H10ClN2O2/c1-18-10-4-2-3-9(5-10)12-7-16(17)8-13(14)11(12)6-15/h2-5,8H,7H2,1H3/q+1. The largest absolute Gasteiger partial charge is 0.497 e. The lowest BCUT2D eigenvalue weighted by Gasteiger charge is -2.10. The molecule has 0 aliphatic carbocycles. The van der Waals surface area contributed by atoms with Gasteiger partial charge in [-0.05, 0) is 17.7 Å². The monoisotopic (exact) mass is 261 g/mol. The Morgan fingerprint density at radius 2 is 2.28 bits per heavy atom. The van der Waals surface area contributed by atoms with Crippen LogP contribution in [-0.2, 0) is 0 Å². The van der Waals surface area contributed by atoms with Crippen LogP contribution in [0, 0.1) is 16.2 Å². The third kappa shape index (κ3) is 2.27. The predicted molar refractivity (Wildman–Crippen MR) is 68.0 cm³/mol. The summed E-state index contributed by atoms with van der Waals surface area (Å²) in [6.45, 7) is 0.103. The summed E-state index contributed by atoms with van der Waals surface area (Å²) in [5.41, 5.74) is 1.70. The number of nitriles is 1. The zero-order valence-corrected chi connectivity index (χ0v) is 10.4. The van der Waals surface area contributed by atoms with Gasteiger partial charge in [0.25, 0.3) is 0 Å². The molecule has 1 aliphatic heterocycles. The highest BCUT2D eigenvalue weighted by Crippen LogP contribution is 2.30. The van der Waals surface area contributed by atoms with Gasteiger partial charge in [-0.15, -0.1) is 0 Å². The lowest BCUT2D eigenvalue weighted by atomic mass is 9.98. The van der Waals surface area contributed by atoms with Gasteiger partial charge in [0.05, 0.1) is 12.7 Å². The number of benzene rings is 1. The van der Waals surface area contributed by atoms with E-state index in [-0.39, 0.29) is 11.6 Å². The normalized spacial score (nSPS) is 15.2. The molecule has 0 N–H and O–H groups in total. The molecule has 90 valence electrons. The van der Waals surface area contributed by atoms with Gasteiger partial charge in [0.1, 0.15) is 16.9 Å². The molecule has 0 amide bonds. The summed E-state index contributed by atoms with van der Waals surface area (Å²) in [5.74, 6) is 0.667. The van der Waals surface area contributed by atoms with Crippen molar-refractivity contribution in [3.63, 3.8) is 0 Å². The van der Waals surface area contributed by atoms with E-state index in [1.54, 1.807) is 25.3 Å². The summed E-state index contributed by atoms with van der Waals surface area (Å²) in [5, 5.41) is 9.28. The minimum Gasteiger partial charge on any atom is -0.497 e. The highest BCUT2D eigenvalue weighted by molar-refractivity contribution is 6.33. The average molecular weight is 262 g/mol. The fourth-order valence-corrected chi connectivity index (χ4v) is 2.05. The van der Waals surface area contributed by atoms with Gasteiger partial charge in [-0.3, -0.25) is 0 Å². The third-order valence-electron chi connectivity index (χ3n) is 2.64. The van der Waals surface area contributed by atoms with Gasteiger partial charge in [-0.25, -0.2) is 0 Å². The SMILES string of the molecule is COc1cccc(C2=C(C#N)C(Cl)=C[N+](=O)C2)c1. The number of allylic oxidation sites excluding steroid dienone is 2. The first-order valence-electron chi connectivity index (χ1n) is 5.25. The maximum absolute atomic E-state index is 11.5. The number of hydrogen-bond donors (Lipinski definition) is 0. The molecule has 0 unspecified atom stereocenters. The Balaban J connectivity index is 2.56. The highest BCUT2D eigenvalue weighted by Gasteiger charge is 2.26. The van der Waals surface area contributed by atoms with Gasteiger partial charge in [0.2, 0.25) is 12.7 Å². The maximum Gasteiger partial charge on any atom is 0.241 e. The van der Waals surface area contributed by atoms with Crippen molar-refractivity contribution >= 4 is 17.2 Å². The molecule has 2 rings (SSSR count). The predicted octanol–water partition coefficient (Wildman–Crippen LogP) is 2.85. The van der Waals surface area contributed by atoms with Crippen LogP contribution >= 0.6 is 11.6 Å². The van der Waals surface area contributed by atoms with E-state index in [4.69, 9.17) is 21.6 Å². The zero-order valence-electron chi connectivity index (χ0n) is 9.68. The Hall–Kier alpha value is -2.12. The second-order valence-electron chi connectivity index (χ2n) is 3.75. The van der Waals surface area contributed by atoms with Gasteiger partial charge in [-0.2, -0.15) is 5.26 Å². The van der Waals surface area contributed by atoms with E-state index < -0.39 is 0 Å². The van der Waals surface area contributed by atoms with Crippen LogP contribution < -0.4 is 4.74 Å². The number of nitroso groups, excluding NO2 is 1. The van der Waals surface area contributed by atoms with Crippen molar-refractivity contribution in [3.8, 4) is 11.8 Å². The minimum absolute atomic E-state index is 0.103. The molecule has 0 radical (unpaired) electrons. The number of methoxy groups -OCH3 is 1. The van der Waals surface area contributed by atoms with Gasteiger partial charge in [0.15, 0.2) is 0 Å². The molecule has 5 heteroatoms. The van der Waals surface area contributed by atoms with Crippen LogP contribution in [0.3, 0.4) is 0 Å². The van der Waals surface area contributed by atoms with E-state index >= 15 is 0 Å². The molecule has 0 atom stereocenters. The molecule has 0 saturated heterocycles. The van der Waals surface area contributed by atoms with E-state index in [0.29, 0.717) is 21.7 Å². The lowest BCUT2D eigenvalue weighted by molar-refractivity contribution is -0.466. The van der Waals surface area contributed by atoms with Gasteiger partial charge >= 0.3 is 0 Å². The van der Waals surface area contributed by atoms with Crippen molar-refractivity contribution in [2.45, 2.75) is 0 Å². The summed E-state index contributed by atoms with van der Waals surface area (Å²) in [7, 11) is 1.56. The molecule has 1 heterocycles. The molecular formula is C13H10ClN2O2+. The van der Waals surface area contributed by atoms with Gasteiger partial charge in [0, 0.05) is 15.2 Å². The molecule has 0 spiro atoms. The molecule has 4 nitrogen and oxygen atoms in total. The van der Waals surface area contributed by atoms with Crippen LogP contribution in [0.4, 0.5) is 0 Å². The number of nitrogens with zero attached hydrogens (tertiary/aromatic N) is 2. The molecule has 0 saturated carbocycles. The second-order valence-corrected chi connectivity index (χ2v) is 4.16. The smallest absolute Gasteiger partial charge is 0.241 e. The summed E-state index contributed by atoms with van der Waals surface area (Å²) >= 11 is 5.90. The third-order valence-corrected chi connectivity index (χ3v) is 2.93. The first kappa shape index (κ1) is 12.3. The van der Waals surface area contributed by atoms with Crippen LogP contribution in [0.25, 0.3) is 5.57 Å². The summed E-state index contributed by atoms with van der Waals surface area (Å²) in [4.78, 5) is 11.5. The minimum atomic E-state index is 0.103. The first-order valence-corrected chi connectivity index (χ1v) is 5.62. The van der Waals surface area contributed by atoms with Crippen LogP contribution in [-0.4, -0.2) is 18.4 Å². The fraction of sp³-hybridized carbons (Fsp3) is 0.154. The molecule has 1 aliphatic rings. The van der Waals surface area contributed by atoms with Crippen LogP contribution in [0.15, 0.2) is 41.1 Å². The maximum atomic E-state index is 11.5. The Labute approximate surface area is 109 Å². The van der Waals surface area contributed by atoms with Crippen molar-refractivity contribution in [1.82, 2.24) is 0 Å². The molecule has 0 aromatic heterocycles. The van der Waals surface area contributed by atoms with Crippen LogP contribution in [0.2, 0.25) is 0 Å². The Kier molecular flexibility index (Phi) is 3.45. The van der Waals surface area contributed by atoms with Crippen molar-refractivity contribution in [3.05, 3.63) is 51.5 Å². The highest BCUT2D eigenvalue weighted by atomic mass is 35.5. The molecule has 1 aromatic carbocycles. The number of rotatable bonds is 2. The topological polar surface area (TPSA) is 53.1 Å². The molecular weight excluding hydrogens is 252 g/mol. The number of ether oxygens (including phenoxy) is 1. The lowest BCUT2D eigenvalue weighted by Crippen LogP contribution is -2.12. The Bertz CT molecular complexity index is 612. The number of hydrogen-bond acceptors (Lipinski definition) is 3. The van der Waals surface area contributed by atoms with E-state index in [1.807, 2.05) is 12.1 Å². The quantitative estimate of drug-likeness (QED) is 0.769. The van der Waals surface area contributed by atoms with Crippen molar-refractivity contribution in [1.29, 1.82) is 5.26 Å². The average Bonchev–Trinajstić information content (AvgIpc) is 2.38. The van der Waals surface area contributed by atoms with Crippen molar-refractivity contribution in [2.24, 2.45) is 0 Å². The van der Waals surface area contributed by atoms with E-state index in [9.17, 15) is 4.91 Å². The molecule has 18 heavy (non-hydrogen) atoms. The van der Waals surface area contributed by atoms with Gasteiger partial charge < -0.3 is 4.74 Å². The summed E-state index contributed by atoms with van der Waals surface area (Å²) < 4.78 is 5.83. The first-order chi connectivity index (χ1) is 8.65. The van der Waals surface area contributed by atoms with E-state index in [1.165, 1.54) is 6.20 Å². The Morgan fingerprint density at radius 1 is 1.50 bits per heavy atom. The van der Waals surface area contributed by atoms with E-state index in [2.05, 4.69) is 0 Å². The molecule has 0 bridgehead atoms. The number of halogens is 1. The fourth-order valence-electron chi connectivity index (χ4n) is 1.78. The zero-order chi connectivity index (χ0) is 13.1. The van der Waals surface area contributed by atoms with E-state index in [0.717, 1.165) is 5.56 Å². The summed E-state index contributed by atoms with van der Waals surface area (Å²) in [6.07, 6.45) is 1.21. The second kappa shape index (κ2) is 5.03.